The Morgan fingerprint density at radius 3 is 2.78 bits per heavy atom. The summed E-state index contributed by atoms with van der Waals surface area (Å²) in [5.74, 6) is -0.237. The van der Waals surface area contributed by atoms with Crippen LogP contribution in [0.15, 0.2) is 24.4 Å². The molecular formula is C17H19F2N3O. The Hall–Kier alpha value is -2.08. The fourth-order valence-electron chi connectivity index (χ4n) is 2.93. The summed E-state index contributed by atoms with van der Waals surface area (Å²) in [5.41, 5.74) is 8.00. The molecule has 0 radical (unpaired) electrons. The molecule has 3 atom stereocenters. The highest BCUT2D eigenvalue weighted by Crippen LogP contribution is 2.35. The third-order valence-electron chi connectivity index (χ3n) is 4.42. The van der Waals surface area contributed by atoms with Gasteiger partial charge in [0, 0.05) is 11.5 Å². The molecule has 1 fully saturated rings. The van der Waals surface area contributed by atoms with Crippen LogP contribution in [-0.2, 0) is 0 Å². The van der Waals surface area contributed by atoms with E-state index in [1.807, 2.05) is 0 Å². The number of hydrogen-bond donors (Lipinski definition) is 2. The number of nitrogens with zero attached hydrogens (tertiary/aromatic N) is 2. The number of nitrogens with two attached hydrogens (primary N) is 1. The summed E-state index contributed by atoms with van der Waals surface area (Å²) >= 11 is 0. The lowest BCUT2D eigenvalue weighted by atomic mass is 9.84. The Labute approximate surface area is 133 Å². The Kier molecular flexibility index (Phi) is 4.26. The highest BCUT2D eigenvalue weighted by Gasteiger charge is 2.31. The summed E-state index contributed by atoms with van der Waals surface area (Å²) in [7, 11) is 0. The van der Waals surface area contributed by atoms with Gasteiger partial charge in [0.15, 0.2) is 0 Å². The number of aliphatic hydroxyl groups is 1. The van der Waals surface area contributed by atoms with E-state index < -0.39 is 12.3 Å². The van der Waals surface area contributed by atoms with Crippen LogP contribution < -0.4 is 5.73 Å². The van der Waals surface area contributed by atoms with Crippen molar-refractivity contribution in [3.05, 3.63) is 41.5 Å². The van der Waals surface area contributed by atoms with Gasteiger partial charge in [-0.15, -0.1) is 0 Å². The molecule has 1 saturated carbocycles. The lowest BCUT2D eigenvalue weighted by molar-refractivity contribution is 0.0363. The van der Waals surface area contributed by atoms with Crippen LogP contribution in [0.3, 0.4) is 0 Å². The summed E-state index contributed by atoms with van der Waals surface area (Å²) in [6, 6.07) is 4.78. The Morgan fingerprint density at radius 1 is 1.30 bits per heavy atom. The van der Waals surface area contributed by atoms with Crippen molar-refractivity contribution in [1.82, 2.24) is 9.97 Å². The topological polar surface area (TPSA) is 72.0 Å². The smallest absolute Gasteiger partial charge is 0.150 e. The number of benzene rings is 1. The van der Waals surface area contributed by atoms with Gasteiger partial charge in [0.05, 0.1) is 18.0 Å². The standard InChI is InChI=1S/C17H19F2N3O/c1-9-2-3-11(7-12(9)18)16-17(20)21-8-14(22-16)10-4-5-15(23)13(19)6-10/h2-3,7-8,10,13,15,23H,4-6H2,1H3,(H2,20,21). The number of hydrogen-bond acceptors (Lipinski definition) is 4. The van der Waals surface area contributed by atoms with E-state index in [1.54, 1.807) is 25.3 Å². The van der Waals surface area contributed by atoms with Crippen LogP contribution in [0.1, 0.15) is 36.4 Å². The van der Waals surface area contributed by atoms with Gasteiger partial charge in [-0.2, -0.15) is 0 Å². The average molecular weight is 319 g/mol. The SMILES string of the molecule is Cc1ccc(-c2nc(C3CCC(O)C(F)C3)cnc2N)cc1F. The maximum Gasteiger partial charge on any atom is 0.150 e. The third-order valence-corrected chi connectivity index (χ3v) is 4.42. The number of anilines is 1. The molecule has 3 N–H and O–H groups in total. The zero-order valence-electron chi connectivity index (χ0n) is 12.8. The largest absolute Gasteiger partial charge is 0.390 e. The molecule has 1 aromatic heterocycles. The lowest BCUT2D eigenvalue weighted by Gasteiger charge is -2.28. The second-order valence-electron chi connectivity index (χ2n) is 6.09. The van der Waals surface area contributed by atoms with Gasteiger partial charge < -0.3 is 10.8 Å². The summed E-state index contributed by atoms with van der Waals surface area (Å²) in [4.78, 5) is 8.63. The molecular weight excluding hydrogens is 300 g/mol. The van der Waals surface area contributed by atoms with Crippen molar-refractivity contribution in [3.8, 4) is 11.3 Å². The molecule has 0 aliphatic heterocycles. The normalized spacial score (nSPS) is 24.6. The minimum atomic E-state index is -1.26. The summed E-state index contributed by atoms with van der Waals surface area (Å²) in [6.45, 7) is 1.68. The fraction of sp³-hybridized carbons (Fsp3) is 0.412. The van der Waals surface area contributed by atoms with E-state index in [0.717, 1.165) is 0 Å². The minimum Gasteiger partial charge on any atom is -0.390 e. The molecule has 4 nitrogen and oxygen atoms in total. The van der Waals surface area contributed by atoms with Gasteiger partial charge in [-0.25, -0.2) is 18.7 Å². The predicted octanol–water partition coefficient (Wildman–Crippen LogP) is 3.14. The summed E-state index contributed by atoms with van der Waals surface area (Å²) in [5, 5.41) is 9.50. The number of aromatic nitrogens is 2. The van der Waals surface area contributed by atoms with Crippen LogP contribution in [-0.4, -0.2) is 27.4 Å². The van der Waals surface area contributed by atoms with Crippen molar-refractivity contribution in [2.75, 3.05) is 5.73 Å². The number of nitrogen functional groups attached to an aromatic ring is 1. The number of aryl methyl sites for hydroxylation is 1. The first-order valence-corrected chi connectivity index (χ1v) is 7.66. The van der Waals surface area contributed by atoms with E-state index in [2.05, 4.69) is 9.97 Å². The second-order valence-corrected chi connectivity index (χ2v) is 6.09. The summed E-state index contributed by atoms with van der Waals surface area (Å²) in [6.07, 6.45) is 0.626. The van der Waals surface area contributed by atoms with Crippen LogP contribution in [0.25, 0.3) is 11.3 Å². The molecule has 2 aromatic rings. The van der Waals surface area contributed by atoms with E-state index >= 15 is 0 Å². The van der Waals surface area contributed by atoms with E-state index in [-0.39, 0.29) is 24.0 Å². The zero-order valence-corrected chi connectivity index (χ0v) is 12.8. The first kappa shape index (κ1) is 15.8. The summed E-state index contributed by atoms with van der Waals surface area (Å²) < 4.78 is 27.5. The van der Waals surface area contributed by atoms with Crippen LogP contribution >= 0.6 is 0 Å². The molecule has 3 rings (SSSR count). The Morgan fingerprint density at radius 2 is 2.09 bits per heavy atom. The van der Waals surface area contributed by atoms with E-state index in [9.17, 15) is 13.9 Å². The lowest BCUT2D eigenvalue weighted by Crippen LogP contribution is -2.30. The second kappa shape index (κ2) is 6.20. The van der Waals surface area contributed by atoms with Crippen LogP contribution in [0.4, 0.5) is 14.6 Å². The molecule has 0 amide bonds. The van der Waals surface area contributed by atoms with E-state index in [4.69, 9.17) is 5.73 Å². The van der Waals surface area contributed by atoms with Gasteiger partial charge in [-0.1, -0.05) is 12.1 Å². The average Bonchev–Trinajstić information content (AvgIpc) is 2.53. The van der Waals surface area contributed by atoms with Gasteiger partial charge in [0.1, 0.15) is 23.5 Å². The minimum absolute atomic E-state index is 0.115. The van der Waals surface area contributed by atoms with Gasteiger partial charge in [0.2, 0.25) is 0 Å². The molecule has 1 aromatic carbocycles. The van der Waals surface area contributed by atoms with Crippen molar-refractivity contribution >= 4 is 5.82 Å². The monoisotopic (exact) mass is 319 g/mol. The van der Waals surface area contributed by atoms with Crippen molar-refractivity contribution < 1.29 is 13.9 Å². The first-order valence-electron chi connectivity index (χ1n) is 7.66. The molecule has 122 valence electrons. The van der Waals surface area contributed by atoms with Crippen molar-refractivity contribution in [1.29, 1.82) is 0 Å². The molecule has 0 spiro atoms. The molecule has 23 heavy (non-hydrogen) atoms. The number of halogens is 2. The quantitative estimate of drug-likeness (QED) is 0.892. The van der Waals surface area contributed by atoms with Gasteiger partial charge in [-0.3, -0.25) is 0 Å². The molecule has 6 heteroatoms. The number of alkyl halides is 1. The molecule has 0 saturated heterocycles. The Bertz CT molecular complexity index is 723. The zero-order chi connectivity index (χ0) is 16.6. The highest BCUT2D eigenvalue weighted by molar-refractivity contribution is 5.70. The Balaban J connectivity index is 1.94. The third kappa shape index (κ3) is 3.17. The molecule has 1 aliphatic rings. The van der Waals surface area contributed by atoms with Crippen LogP contribution in [0, 0.1) is 12.7 Å². The fourth-order valence-corrected chi connectivity index (χ4v) is 2.93. The first-order chi connectivity index (χ1) is 11.0. The maximum absolute atomic E-state index is 13.8. The highest BCUT2D eigenvalue weighted by atomic mass is 19.1. The predicted molar refractivity (Wildman–Crippen MR) is 84.1 cm³/mol. The molecule has 0 bridgehead atoms. The maximum atomic E-state index is 13.8. The molecule has 1 aliphatic carbocycles. The van der Waals surface area contributed by atoms with Gasteiger partial charge in [0.25, 0.3) is 0 Å². The van der Waals surface area contributed by atoms with Crippen LogP contribution in [0.5, 0.6) is 0 Å². The van der Waals surface area contributed by atoms with Gasteiger partial charge >= 0.3 is 0 Å². The van der Waals surface area contributed by atoms with Crippen molar-refractivity contribution in [2.24, 2.45) is 0 Å². The van der Waals surface area contributed by atoms with Gasteiger partial charge in [-0.05, 0) is 37.8 Å². The van der Waals surface area contributed by atoms with Crippen LogP contribution in [0.2, 0.25) is 0 Å². The van der Waals surface area contributed by atoms with Crippen molar-refractivity contribution in [3.63, 3.8) is 0 Å². The van der Waals surface area contributed by atoms with Crippen molar-refractivity contribution in [2.45, 2.75) is 44.4 Å². The number of aliphatic hydroxyl groups excluding tert-OH is 1. The van der Waals surface area contributed by atoms with E-state index in [1.165, 1.54) is 6.07 Å². The molecule has 1 heterocycles. The van der Waals surface area contributed by atoms with E-state index in [0.29, 0.717) is 35.4 Å². The number of rotatable bonds is 2. The molecule has 3 unspecified atom stereocenters.